The van der Waals surface area contributed by atoms with E-state index in [9.17, 15) is 19.2 Å². The van der Waals surface area contributed by atoms with Crippen LogP contribution < -0.4 is 10.1 Å². The monoisotopic (exact) mass is 524 g/mol. The van der Waals surface area contributed by atoms with Crippen LogP contribution >= 0.6 is 0 Å². The number of benzene rings is 3. The third kappa shape index (κ3) is 5.06. The van der Waals surface area contributed by atoms with Crippen molar-refractivity contribution in [3.8, 4) is 5.75 Å². The SMILES string of the molecule is Cc1noc(C)c1COc1cccc(C(=O)O[C@H](C)C(=O)Nc2ccc3c(c2)C(=O)c2ccccc2C3=O)c1. The largest absolute Gasteiger partial charge is 0.489 e. The molecule has 0 saturated heterocycles. The van der Waals surface area contributed by atoms with Gasteiger partial charge in [-0.05, 0) is 57.2 Å². The molecule has 9 heteroatoms. The normalized spacial score (nSPS) is 12.8. The van der Waals surface area contributed by atoms with Crippen LogP contribution in [0.25, 0.3) is 0 Å². The first-order chi connectivity index (χ1) is 18.7. The molecule has 1 heterocycles. The third-order valence-corrected chi connectivity index (χ3v) is 6.48. The Morgan fingerprint density at radius 2 is 1.59 bits per heavy atom. The summed E-state index contributed by atoms with van der Waals surface area (Å²) in [5.74, 6) is -0.753. The van der Waals surface area contributed by atoms with Crippen LogP contribution in [-0.4, -0.2) is 34.7 Å². The molecule has 1 atom stereocenters. The average Bonchev–Trinajstić information content (AvgIpc) is 3.27. The quantitative estimate of drug-likeness (QED) is 0.300. The second-order valence-electron chi connectivity index (χ2n) is 9.12. The fourth-order valence-electron chi connectivity index (χ4n) is 4.28. The number of esters is 1. The molecule has 1 aliphatic carbocycles. The molecule has 1 N–H and O–H groups in total. The van der Waals surface area contributed by atoms with Crippen LogP contribution in [0.3, 0.4) is 0 Å². The maximum atomic E-state index is 12.9. The van der Waals surface area contributed by atoms with Gasteiger partial charge in [-0.3, -0.25) is 14.4 Å². The van der Waals surface area contributed by atoms with Crippen LogP contribution in [0.5, 0.6) is 5.75 Å². The van der Waals surface area contributed by atoms with Gasteiger partial charge < -0.3 is 19.3 Å². The molecule has 39 heavy (non-hydrogen) atoms. The summed E-state index contributed by atoms with van der Waals surface area (Å²) in [6, 6.07) is 17.5. The number of carbonyl (C=O) groups is 4. The highest BCUT2D eigenvalue weighted by Crippen LogP contribution is 2.29. The molecule has 1 aliphatic rings. The zero-order valence-electron chi connectivity index (χ0n) is 21.4. The minimum absolute atomic E-state index is 0.203. The molecule has 0 radical (unpaired) electrons. The summed E-state index contributed by atoms with van der Waals surface area (Å²) in [7, 11) is 0. The lowest BCUT2D eigenvalue weighted by atomic mass is 9.84. The predicted molar refractivity (Wildman–Crippen MR) is 140 cm³/mol. The van der Waals surface area contributed by atoms with Crippen LogP contribution in [0, 0.1) is 13.8 Å². The smallest absolute Gasteiger partial charge is 0.339 e. The van der Waals surface area contributed by atoms with E-state index >= 15 is 0 Å². The van der Waals surface area contributed by atoms with Crippen molar-refractivity contribution in [3.63, 3.8) is 0 Å². The Kier molecular flexibility index (Phi) is 6.81. The zero-order valence-corrected chi connectivity index (χ0v) is 21.4. The first-order valence-electron chi connectivity index (χ1n) is 12.2. The van der Waals surface area contributed by atoms with Crippen LogP contribution in [-0.2, 0) is 16.1 Å². The van der Waals surface area contributed by atoms with E-state index < -0.39 is 18.0 Å². The van der Waals surface area contributed by atoms with Crippen molar-refractivity contribution in [3.05, 3.63) is 112 Å². The average molecular weight is 525 g/mol. The van der Waals surface area contributed by atoms with Crippen molar-refractivity contribution in [1.29, 1.82) is 0 Å². The van der Waals surface area contributed by atoms with Crippen LogP contribution in [0.4, 0.5) is 5.69 Å². The number of carbonyl (C=O) groups excluding carboxylic acids is 4. The molecule has 9 nitrogen and oxygen atoms in total. The number of fused-ring (bicyclic) bond motifs is 2. The topological polar surface area (TPSA) is 125 Å². The number of ether oxygens (including phenoxy) is 2. The zero-order chi connectivity index (χ0) is 27.7. The molecule has 5 rings (SSSR count). The summed E-state index contributed by atoms with van der Waals surface area (Å²) in [5.41, 5.74) is 3.21. The summed E-state index contributed by atoms with van der Waals surface area (Å²) in [5, 5.41) is 6.54. The van der Waals surface area contributed by atoms with Crippen LogP contribution in [0.2, 0.25) is 0 Å². The molecule has 1 aromatic heterocycles. The van der Waals surface area contributed by atoms with Crippen LogP contribution in [0.15, 0.2) is 71.3 Å². The number of amides is 1. The fourth-order valence-corrected chi connectivity index (χ4v) is 4.28. The molecule has 0 spiro atoms. The Bertz CT molecular complexity index is 1620. The Morgan fingerprint density at radius 3 is 2.28 bits per heavy atom. The molecule has 0 unspecified atom stereocenters. The van der Waals surface area contributed by atoms with Crippen LogP contribution in [0.1, 0.15) is 66.1 Å². The number of anilines is 1. The Morgan fingerprint density at radius 1 is 0.897 bits per heavy atom. The summed E-state index contributed by atoms with van der Waals surface area (Å²) >= 11 is 0. The molecular weight excluding hydrogens is 500 g/mol. The summed E-state index contributed by atoms with van der Waals surface area (Å²) in [4.78, 5) is 51.2. The van der Waals surface area contributed by atoms with Gasteiger partial charge in [0.05, 0.1) is 16.8 Å². The molecule has 0 fully saturated rings. The molecule has 196 valence electrons. The van der Waals surface area contributed by atoms with Gasteiger partial charge in [0.15, 0.2) is 17.7 Å². The van der Waals surface area contributed by atoms with Crippen molar-refractivity contribution >= 4 is 29.1 Å². The number of nitrogens with one attached hydrogen (secondary N) is 1. The van der Waals surface area contributed by atoms with E-state index in [-0.39, 0.29) is 34.9 Å². The number of aryl methyl sites for hydroxylation is 2. The maximum absolute atomic E-state index is 12.9. The highest BCUT2D eigenvalue weighted by molar-refractivity contribution is 6.28. The summed E-state index contributed by atoms with van der Waals surface area (Å²) in [6.45, 7) is 5.27. The Balaban J connectivity index is 1.23. The lowest BCUT2D eigenvalue weighted by molar-refractivity contribution is -0.123. The van der Waals surface area contributed by atoms with E-state index in [0.717, 1.165) is 11.3 Å². The van der Waals surface area contributed by atoms with E-state index in [2.05, 4.69) is 10.5 Å². The Hall–Kier alpha value is -5.05. The molecular formula is C30H24N2O7. The summed E-state index contributed by atoms with van der Waals surface area (Å²) in [6.07, 6.45) is -1.14. The van der Waals surface area contributed by atoms with Crippen molar-refractivity contribution in [1.82, 2.24) is 5.16 Å². The lowest BCUT2D eigenvalue weighted by Gasteiger charge is -2.19. The van der Waals surface area contributed by atoms with Gasteiger partial charge in [-0.25, -0.2) is 4.79 Å². The molecule has 0 saturated carbocycles. The van der Waals surface area contributed by atoms with Gasteiger partial charge in [-0.15, -0.1) is 0 Å². The number of hydrogen-bond donors (Lipinski definition) is 1. The van der Waals surface area contributed by atoms with Gasteiger partial charge in [0.25, 0.3) is 5.91 Å². The fraction of sp³-hybridized carbons (Fsp3) is 0.167. The molecule has 1 amide bonds. The predicted octanol–water partition coefficient (Wildman–Crippen LogP) is 4.83. The van der Waals surface area contributed by atoms with E-state index in [1.807, 2.05) is 6.92 Å². The highest BCUT2D eigenvalue weighted by atomic mass is 16.5. The standard InChI is InChI=1S/C30H24N2O7/c1-16-26(17(2)39-32-16)15-37-21-8-6-7-19(13-21)30(36)38-18(3)29(35)31-20-11-12-24-25(14-20)28(34)23-10-5-4-9-22(23)27(24)33/h4-14,18H,15H2,1-3H3,(H,31,35)/t18-/m1/s1. The number of nitrogens with zero attached hydrogens (tertiary/aromatic N) is 1. The van der Waals surface area contributed by atoms with Gasteiger partial charge in [-0.2, -0.15) is 0 Å². The van der Waals surface area contributed by atoms with Gasteiger partial charge >= 0.3 is 5.97 Å². The number of aromatic nitrogens is 1. The van der Waals surface area contributed by atoms with Crippen molar-refractivity contribution in [2.45, 2.75) is 33.5 Å². The van der Waals surface area contributed by atoms with Gasteiger partial charge in [0.2, 0.25) is 0 Å². The minimum Gasteiger partial charge on any atom is -0.489 e. The second kappa shape index (κ2) is 10.4. The minimum atomic E-state index is -1.14. The van der Waals surface area contributed by atoms with Gasteiger partial charge in [0, 0.05) is 27.9 Å². The second-order valence-corrected chi connectivity index (χ2v) is 9.12. The van der Waals surface area contributed by atoms with E-state index in [4.69, 9.17) is 14.0 Å². The lowest BCUT2D eigenvalue weighted by Crippen LogP contribution is -2.30. The first kappa shape index (κ1) is 25.6. The van der Waals surface area contributed by atoms with Gasteiger partial charge in [0.1, 0.15) is 18.1 Å². The van der Waals surface area contributed by atoms with Crippen molar-refractivity contribution in [2.75, 3.05) is 5.32 Å². The highest BCUT2D eigenvalue weighted by Gasteiger charge is 2.30. The molecule has 4 aromatic rings. The van der Waals surface area contributed by atoms with E-state index in [1.54, 1.807) is 49.4 Å². The number of hydrogen-bond acceptors (Lipinski definition) is 8. The van der Waals surface area contributed by atoms with Crippen molar-refractivity contribution < 1.29 is 33.2 Å². The summed E-state index contributed by atoms with van der Waals surface area (Å²) < 4.78 is 16.3. The Labute approximate surface area is 223 Å². The van der Waals surface area contributed by atoms with Crippen molar-refractivity contribution in [2.24, 2.45) is 0 Å². The number of ketones is 2. The molecule has 0 bridgehead atoms. The number of rotatable bonds is 7. The first-order valence-corrected chi connectivity index (χ1v) is 12.2. The molecule has 0 aliphatic heterocycles. The van der Waals surface area contributed by atoms with E-state index in [1.165, 1.54) is 31.2 Å². The molecule has 3 aromatic carbocycles. The van der Waals surface area contributed by atoms with E-state index in [0.29, 0.717) is 28.3 Å². The third-order valence-electron chi connectivity index (χ3n) is 6.48. The maximum Gasteiger partial charge on any atom is 0.339 e. The van der Waals surface area contributed by atoms with Gasteiger partial charge in [-0.1, -0.05) is 35.5 Å².